The summed E-state index contributed by atoms with van der Waals surface area (Å²) in [7, 11) is 0. The van der Waals surface area contributed by atoms with Gasteiger partial charge in [-0.25, -0.2) is 0 Å². The molecule has 34 heavy (non-hydrogen) atoms. The summed E-state index contributed by atoms with van der Waals surface area (Å²) >= 11 is 4.60. The molecule has 3 N–H and O–H groups in total. The third-order valence-electron chi connectivity index (χ3n) is 5.06. The molecule has 192 valence electrons. The van der Waals surface area contributed by atoms with Crippen molar-refractivity contribution in [2.75, 3.05) is 52.4 Å². The van der Waals surface area contributed by atoms with E-state index in [1.54, 1.807) is 26.8 Å². The van der Waals surface area contributed by atoms with Gasteiger partial charge in [-0.05, 0) is 36.3 Å². The third-order valence-corrected chi connectivity index (χ3v) is 5.15. The highest BCUT2D eigenvalue weighted by Gasteiger charge is 2.27. The van der Waals surface area contributed by atoms with Crippen LogP contribution in [0.15, 0.2) is 29.3 Å². The number of thiocarbonyl (C=S) groups is 1. The second kappa shape index (κ2) is 17.6. The summed E-state index contributed by atoms with van der Waals surface area (Å²) in [5.74, 6) is -2.97. The van der Waals surface area contributed by atoms with E-state index in [1.165, 1.54) is 0 Å². The molecule has 1 aliphatic heterocycles. The first-order valence-electron chi connectivity index (χ1n) is 9.77. The van der Waals surface area contributed by atoms with E-state index >= 15 is 0 Å². The van der Waals surface area contributed by atoms with Gasteiger partial charge in [-0.15, -0.1) is 37.2 Å². The number of isothiocyanates is 1. The molecule has 0 radical (unpaired) electrons. The summed E-state index contributed by atoms with van der Waals surface area (Å²) in [5, 5.41) is 30.2. The minimum atomic E-state index is -0.996. The van der Waals surface area contributed by atoms with Crippen LogP contribution in [-0.4, -0.2) is 111 Å². The molecule has 0 aromatic heterocycles. The molecular weight excluding hydrogens is 531 g/mol. The molecule has 0 amide bonds. The Morgan fingerprint density at radius 3 is 1.88 bits per heavy atom. The Morgan fingerprint density at radius 1 is 0.853 bits per heavy atom. The van der Waals surface area contributed by atoms with Crippen molar-refractivity contribution >= 4 is 78.2 Å². The number of aliphatic carboxylic acids is 3. The van der Waals surface area contributed by atoms with E-state index in [0.717, 1.165) is 5.56 Å². The van der Waals surface area contributed by atoms with Gasteiger partial charge in [0.25, 0.3) is 0 Å². The Labute approximate surface area is 221 Å². The molecule has 2 rings (SSSR count). The molecule has 1 saturated heterocycles. The van der Waals surface area contributed by atoms with Crippen molar-refractivity contribution in [1.29, 1.82) is 0 Å². The first-order valence-corrected chi connectivity index (χ1v) is 10.2. The Kier molecular flexibility index (Phi) is 17.8. The summed E-state index contributed by atoms with van der Waals surface area (Å²) in [4.78, 5) is 43.1. The smallest absolute Gasteiger partial charge is 0.317 e. The van der Waals surface area contributed by atoms with Crippen molar-refractivity contribution in [2.24, 2.45) is 4.99 Å². The highest BCUT2D eigenvalue weighted by atomic mass is 35.5. The van der Waals surface area contributed by atoms with Crippen LogP contribution in [0.4, 0.5) is 5.69 Å². The summed E-state index contributed by atoms with van der Waals surface area (Å²) in [6.07, 6.45) is 0.504. The zero-order chi connectivity index (χ0) is 22.8. The first kappa shape index (κ1) is 34.3. The molecule has 10 nitrogen and oxygen atoms in total. The maximum absolute atomic E-state index is 11.5. The fraction of sp³-hybridized carbons (Fsp3) is 0.500. The molecule has 1 unspecified atom stereocenters. The van der Waals surface area contributed by atoms with E-state index in [9.17, 15) is 24.6 Å². The zero-order valence-corrected chi connectivity index (χ0v) is 21.5. The molecule has 14 heteroatoms. The quantitative estimate of drug-likeness (QED) is 0.303. The molecule has 1 fully saturated rings. The molecular formula is C20H29Cl3N4O6S. The van der Waals surface area contributed by atoms with Gasteiger partial charge in [0.05, 0.1) is 30.5 Å². The van der Waals surface area contributed by atoms with E-state index < -0.39 is 17.9 Å². The number of rotatable bonds is 9. The van der Waals surface area contributed by atoms with Crippen LogP contribution in [0.3, 0.4) is 0 Å². The lowest BCUT2D eigenvalue weighted by atomic mass is 10.0. The lowest BCUT2D eigenvalue weighted by Crippen LogP contribution is -2.49. The van der Waals surface area contributed by atoms with Crippen LogP contribution in [0.1, 0.15) is 5.56 Å². The Morgan fingerprint density at radius 2 is 1.35 bits per heavy atom. The van der Waals surface area contributed by atoms with E-state index in [4.69, 9.17) is 5.11 Å². The van der Waals surface area contributed by atoms with Gasteiger partial charge in [-0.2, -0.15) is 4.99 Å². The first-order chi connectivity index (χ1) is 14.8. The van der Waals surface area contributed by atoms with Gasteiger partial charge in [0, 0.05) is 38.8 Å². The number of carboxylic acids is 3. The van der Waals surface area contributed by atoms with E-state index in [0.29, 0.717) is 44.8 Å². The van der Waals surface area contributed by atoms with Crippen LogP contribution in [0.2, 0.25) is 0 Å². The number of hydrogen-bond acceptors (Lipinski definition) is 8. The molecule has 1 atom stereocenters. The number of halogens is 3. The van der Waals surface area contributed by atoms with Crippen molar-refractivity contribution in [3.63, 3.8) is 0 Å². The van der Waals surface area contributed by atoms with Crippen LogP contribution in [-0.2, 0) is 20.8 Å². The highest BCUT2D eigenvalue weighted by Crippen LogP contribution is 2.17. The van der Waals surface area contributed by atoms with Gasteiger partial charge >= 0.3 is 17.9 Å². The van der Waals surface area contributed by atoms with Crippen LogP contribution in [0.5, 0.6) is 0 Å². The molecule has 0 spiro atoms. The summed E-state index contributed by atoms with van der Waals surface area (Å²) in [6, 6.07) is 7.05. The summed E-state index contributed by atoms with van der Waals surface area (Å²) in [6.45, 7) is 1.23. The molecule has 1 aromatic rings. The predicted molar refractivity (Wildman–Crippen MR) is 138 cm³/mol. The fourth-order valence-corrected chi connectivity index (χ4v) is 3.75. The predicted octanol–water partition coefficient (Wildman–Crippen LogP) is 1.77. The molecule has 1 aliphatic rings. The van der Waals surface area contributed by atoms with Gasteiger partial charge < -0.3 is 15.3 Å². The topological polar surface area (TPSA) is 134 Å². The van der Waals surface area contributed by atoms with Gasteiger partial charge in [0.15, 0.2) is 0 Å². The average molecular weight is 560 g/mol. The number of hydrogen-bond donors (Lipinski definition) is 3. The van der Waals surface area contributed by atoms with Gasteiger partial charge in [-0.1, -0.05) is 12.1 Å². The molecule has 0 aliphatic carbocycles. The highest BCUT2D eigenvalue weighted by molar-refractivity contribution is 7.78. The van der Waals surface area contributed by atoms with E-state index in [2.05, 4.69) is 22.4 Å². The van der Waals surface area contributed by atoms with Crippen LogP contribution >= 0.6 is 49.4 Å². The van der Waals surface area contributed by atoms with Crippen LogP contribution < -0.4 is 0 Å². The third kappa shape index (κ3) is 12.6. The van der Waals surface area contributed by atoms with Crippen molar-refractivity contribution in [1.82, 2.24) is 14.7 Å². The van der Waals surface area contributed by atoms with Crippen molar-refractivity contribution in [3.8, 4) is 0 Å². The van der Waals surface area contributed by atoms with Crippen LogP contribution in [0.25, 0.3) is 0 Å². The molecule has 0 saturated carbocycles. The van der Waals surface area contributed by atoms with Gasteiger partial charge in [-0.3, -0.25) is 29.1 Å². The Hall–Kier alpha value is -1.82. The monoisotopic (exact) mass is 558 g/mol. The second-order valence-electron chi connectivity index (χ2n) is 7.39. The fourth-order valence-electron chi connectivity index (χ4n) is 3.64. The standard InChI is InChI=1S/C20H26N4O6S.3ClH/c25-18(26)11-22-5-6-23(12-19(27)28)10-17(24(8-7-22)13-20(29)30)9-15-1-3-16(4-2-15)21-14-31;;;/h1-4,17H,5-13H2,(H,25,26)(H,27,28)(H,29,30);3*1H. The number of carboxylic acid groups (broad SMARTS) is 3. The number of benzene rings is 1. The largest absolute Gasteiger partial charge is 0.480 e. The summed E-state index contributed by atoms with van der Waals surface area (Å²) in [5.41, 5.74) is 1.60. The van der Waals surface area contributed by atoms with Crippen molar-refractivity contribution < 1.29 is 29.7 Å². The number of aliphatic imine (C=N–C) groups is 1. The Balaban J connectivity index is 0. The maximum Gasteiger partial charge on any atom is 0.317 e. The lowest BCUT2D eigenvalue weighted by Gasteiger charge is -2.33. The lowest BCUT2D eigenvalue weighted by molar-refractivity contribution is -0.140. The van der Waals surface area contributed by atoms with E-state index in [-0.39, 0.29) is 62.9 Å². The zero-order valence-electron chi connectivity index (χ0n) is 18.2. The minimum Gasteiger partial charge on any atom is -0.480 e. The minimum absolute atomic E-state index is 0. The SMILES string of the molecule is Cl.Cl.Cl.O=C(O)CN1CCN(CC(=O)O)CC(Cc2ccc(N=C=S)cc2)N(CC(=O)O)CC1. The van der Waals surface area contributed by atoms with E-state index in [1.807, 2.05) is 12.1 Å². The second-order valence-corrected chi connectivity index (χ2v) is 7.57. The van der Waals surface area contributed by atoms with Gasteiger partial charge in [0.2, 0.25) is 0 Å². The van der Waals surface area contributed by atoms with Crippen molar-refractivity contribution in [2.45, 2.75) is 12.5 Å². The maximum atomic E-state index is 11.5. The summed E-state index contributed by atoms with van der Waals surface area (Å²) < 4.78 is 0. The molecule has 1 heterocycles. The molecule has 1 aromatic carbocycles. The normalized spacial score (nSPS) is 17.2. The average Bonchev–Trinajstić information content (AvgIpc) is 2.74. The molecule has 0 bridgehead atoms. The Bertz CT molecular complexity index is 842. The number of nitrogens with zero attached hydrogens (tertiary/aromatic N) is 4. The van der Waals surface area contributed by atoms with Crippen LogP contribution in [0, 0.1) is 0 Å². The number of carbonyl (C=O) groups is 3. The van der Waals surface area contributed by atoms with Crippen molar-refractivity contribution in [3.05, 3.63) is 29.8 Å². The van der Waals surface area contributed by atoms with Gasteiger partial charge in [0.1, 0.15) is 0 Å².